The van der Waals surface area contributed by atoms with Crippen LogP contribution in [0.3, 0.4) is 0 Å². The molecular formula is C11H9Cl3O4. The Morgan fingerprint density at radius 1 is 1.50 bits per heavy atom. The van der Waals surface area contributed by atoms with Gasteiger partial charge in [-0.15, -0.1) is 11.6 Å². The van der Waals surface area contributed by atoms with Gasteiger partial charge in [-0.05, 0) is 6.42 Å². The predicted octanol–water partition coefficient (Wildman–Crippen LogP) is 2.02. The first-order valence-corrected chi connectivity index (χ1v) is 6.65. The summed E-state index contributed by atoms with van der Waals surface area (Å²) in [5.74, 6) is -2.34. The van der Waals surface area contributed by atoms with Crippen molar-refractivity contribution in [3.05, 3.63) is 10.1 Å². The van der Waals surface area contributed by atoms with Crippen LogP contribution in [0.1, 0.15) is 6.42 Å². The van der Waals surface area contributed by atoms with Crippen LogP contribution < -0.4 is 0 Å². The van der Waals surface area contributed by atoms with Crippen molar-refractivity contribution in [2.75, 3.05) is 7.11 Å². The van der Waals surface area contributed by atoms with Crippen LogP contribution >= 0.6 is 34.8 Å². The van der Waals surface area contributed by atoms with Gasteiger partial charge < -0.3 is 9.47 Å². The summed E-state index contributed by atoms with van der Waals surface area (Å²) in [5.41, 5.74) is -1.59. The minimum atomic E-state index is -1.59. The van der Waals surface area contributed by atoms with E-state index >= 15 is 0 Å². The molecule has 0 radical (unpaired) electrons. The highest BCUT2D eigenvalue weighted by molar-refractivity contribution is 6.42. The van der Waals surface area contributed by atoms with Gasteiger partial charge in [0.15, 0.2) is 0 Å². The number of methoxy groups -OCH3 is 1. The Labute approximate surface area is 118 Å². The molecule has 2 fully saturated rings. The topological polar surface area (TPSA) is 52.6 Å². The summed E-state index contributed by atoms with van der Waals surface area (Å²) in [6.45, 7) is 0. The van der Waals surface area contributed by atoms with Crippen molar-refractivity contribution >= 4 is 46.7 Å². The molecule has 0 aromatic heterocycles. The van der Waals surface area contributed by atoms with Crippen LogP contribution in [0.4, 0.5) is 0 Å². The van der Waals surface area contributed by atoms with Crippen molar-refractivity contribution in [1.29, 1.82) is 0 Å². The summed E-state index contributed by atoms with van der Waals surface area (Å²) in [7, 11) is 1.22. The molecule has 1 saturated heterocycles. The summed E-state index contributed by atoms with van der Waals surface area (Å²) in [4.78, 5) is 23.9. The summed E-state index contributed by atoms with van der Waals surface area (Å²) in [6, 6.07) is 0. The fourth-order valence-corrected chi connectivity index (χ4v) is 4.60. The van der Waals surface area contributed by atoms with Gasteiger partial charge in [0.25, 0.3) is 0 Å². The van der Waals surface area contributed by atoms with E-state index in [1.165, 1.54) is 7.11 Å². The monoisotopic (exact) mass is 310 g/mol. The van der Waals surface area contributed by atoms with Crippen molar-refractivity contribution in [2.45, 2.75) is 17.4 Å². The Morgan fingerprint density at radius 2 is 2.17 bits per heavy atom. The van der Waals surface area contributed by atoms with E-state index in [4.69, 9.17) is 44.3 Å². The van der Waals surface area contributed by atoms with E-state index in [1.807, 2.05) is 0 Å². The zero-order valence-electron chi connectivity index (χ0n) is 9.28. The van der Waals surface area contributed by atoms with Gasteiger partial charge in [0.05, 0.1) is 23.4 Å². The van der Waals surface area contributed by atoms with Gasteiger partial charge in [0.2, 0.25) is 5.60 Å². The van der Waals surface area contributed by atoms with Crippen LogP contribution in [0, 0.1) is 17.8 Å². The van der Waals surface area contributed by atoms with Gasteiger partial charge in [-0.1, -0.05) is 23.2 Å². The maximum Gasteiger partial charge on any atom is 0.356 e. The second-order valence-corrected chi connectivity index (χ2v) is 6.02. The number of carbonyl (C=O) groups excluding carboxylic acids is 2. The maximum atomic E-state index is 12.0. The van der Waals surface area contributed by atoms with Crippen molar-refractivity contribution in [2.24, 2.45) is 17.8 Å². The lowest BCUT2D eigenvalue weighted by atomic mass is 9.79. The van der Waals surface area contributed by atoms with Crippen molar-refractivity contribution in [1.82, 2.24) is 0 Å². The van der Waals surface area contributed by atoms with Gasteiger partial charge in [0, 0.05) is 16.9 Å². The van der Waals surface area contributed by atoms with Gasteiger partial charge in [-0.2, -0.15) is 0 Å². The van der Waals surface area contributed by atoms with Crippen LogP contribution in [0.5, 0.6) is 0 Å². The second-order valence-electron chi connectivity index (χ2n) is 4.73. The number of halogens is 3. The van der Waals surface area contributed by atoms with Crippen LogP contribution in [-0.4, -0.2) is 30.0 Å². The van der Waals surface area contributed by atoms with Crippen molar-refractivity contribution in [3.63, 3.8) is 0 Å². The minimum absolute atomic E-state index is 0.0382. The predicted molar refractivity (Wildman–Crippen MR) is 64.3 cm³/mol. The Hall–Kier alpha value is -0.450. The molecule has 7 heteroatoms. The van der Waals surface area contributed by atoms with Gasteiger partial charge in [-0.25, -0.2) is 4.79 Å². The molecule has 1 saturated carbocycles. The fraction of sp³-hybridized carbons (Fsp3) is 0.636. The van der Waals surface area contributed by atoms with Gasteiger partial charge in [-0.3, -0.25) is 4.79 Å². The molecule has 2 aliphatic carbocycles. The molecule has 0 N–H and O–H groups in total. The molecule has 3 aliphatic rings. The number of esters is 2. The number of fused-ring (bicyclic) bond motifs is 1. The Kier molecular flexibility index (Phi) is 2.64. The number of hydrogen-bond acceptors (Lipinski definition) is 4. The largest absolute Gasteiger partial charge is 0.466 e. The average Bonchev–Trinajstić information content (AvgIpc) is 2.82. The van der Waals surface area contributed by atoms with E-state index in [0.29, 0.717) is 11.5 Å². The molecule has 98 valence electrons. The third-order valence-corrected chi connectivity index (χ3v) is 5.70. The first-order chi connectivity index (χ1) is 8.45. The zero-order chi connectivity index (χ0) is 13.2. The number of allylic oxidation sites excluding steroid dienone is 1. The van der Waals surface area contributed by atoms with Gasteiger partial charge >= 0.3 is 11.9 Å². The Balaban J connectivity index is 2.22. The summed E-state index contributed by atoms with van der Waals surface area (Å²) < 4.78 is 9.96. The molecule has 5 atom stereocenters. The highest BCUT2D eigenvalue weighted by Crippen LogP contribution is 2.62. The standard InChI is InChI=1S/C11H9Cl3O4/c1-17-10(16)11-4-2-3(7(13)8(11)14)6(12)5(4)9(15)18-11/h3-6H,2H2,1H3. The minimum Gasteiger partial charge on any atom is -0.466 e. The molecule has 0 amide bonds. The summed E-state index contributed by atoms with van der Waals surface area (Å²) in [6.07, 6.45) is 0.509. The van der Waals surface area contributed by atoms with Crippen LogP contribution in [0.25, 0.3) is 0 Å². The van der Waals surface area contributed by atoms with Crippen LogP contribution in [-0.2, 0) is 19.1 Å². The SMILES string of the molecule is COC(=O)C12OC(=O)C3C(Cl)C(CC31)C(Cl)=C2Cl. The fourth-order valence-electron chi connectivity index (χ4n) is 3.26. The van der Waals surface area contributed by atoms with Crippen molar-refractivity contribution in [3.8, 4) is 0 Å². The molecule has 5 unspecified atom stereocenters. The normalized spacial score (nSPS) is 45.2. The van der Waals surface area contributed by atoms with Gasteiger partial charge in [0.1, 0.15) is 0 Å². The molecule has 3 rings (SSSR count). The smallest absolute Gasteiger partial charge is 0.356 e. The van der Waals surface area contributed by atoms with E-state index in [0.717, 1.165) is 0 Å². The molecule has 1 aliphatic heterocycles. The molecule has 1 heterocycles. The van der Waals surface area contributed by atoms with E-state index in [1.54, 1.807) is 0 Å². The number of rotatable bonds is 1. The van der Waals surface area contributed by atoms with E-state index < -0.39 is 28.8 Å². The Morgan fingerprint density at radius 3 is 2.78 bits per heavy atom. The third kappa shape index (κ3) is 1.19. The number of alkyl halides is 1. The maximum absolute atomic E-state index is 12.0. The average molecular weight is 312 g/mol. The first kappa shape index (κ1) is 12.6. The number of hydrogen-bond donors (Lipinski definition) is 0. The van der Waals surface area contributed by atoms with E-state index in [-0.39, 0.29) is 16.9 Å². The van der Waals surface area contributed by atoms with Crippen LogP contribution in [0.2, 0.25) is 0 Å². The molecular weight excluding hydrogens is 302 g/mol. The molecule has 0 aromatic rings. The molecule has 0 spiro atoms. The summed E-state index contributed by atoms with van der Waals surface area (Å²) in [5, 5.41) is -0.151. The zero-order valence-corrected chi connectivity index (χ0v) is 11.6. The molecule has 0 aromatic carbocycles. The van der Waals surface area contributed by atoms with Crippen LogP contribution in [0.15, 0.2) is 10.1 Å². The number of ether oxygens (including phenoxy) is 2. The third-order valence-electron chi connectivity index (χ3n) is 4.07. The van der Waals surface area contributed by atoms with Crippen molar-refractivity contribution < 1.29 is 19.1 Å². The first-order valence-electron chi connectivity index (χ1n) is 5.46. The molecule has 2 bridgehead atoms. The lowest BCUT2D eigenvalue weighted by molar-refractivity contribution is -0.171. The number of carbonyl (C=O) groups is 2. The lowest BCUT2D eigenvalue weighted by Gasteiger charge is -2.34. The summed E-state index contributed by atoms with van der Waals surface area (Å²) >= 11 is 18.6. The quantitative estimate of drug-likeness (QED) is 0.549. The van der Waals surface area contributed by atoms with E-state index in [9.17, 15) is 9.59 Å². The molecule has 18 heavy (non-hydrogen) atoms. The Bertz CT molecular complexity index is 489. The highest BCUT2D eigenvalue weighted by Gasteiger charge is 2.72. The lowest BCUT2D eigenvalue weighted by Crippen LogP contribution is -2.48. The second kappa shape index (κ2) is 3.78. The molecule has 4 nitrogen and oxygen atoms in total. The van der Waals surface area contributed by atoms with E-state index in [2.05, 4.69) is 0 Å². The highest BCUT2D eigenvalue weighted by atomic mass is 35.5.